The largest absolute Gasteiger partial charge is 0.480 e. The maximum absolute atomic E-state index is 10.9. The fraction of sp³-hybridized carbons (Fsp3) is 0.667. The van der Waals surface area contributed by atoms with Crippen LogP contribution in [-0.4, -0.2) is 28.8 Å². The number of aliphatic carboxylic acids is 1. The second-order valence-corrected chi connectivity index (χ2v) is 3.02. The zero-order valence-corrected chi connectivity index (χ0v) is 8.37. The molecule has 0 spiro atoms. The van der Waals surface area contributed by atoms with E-state index in [0.717, 1.165) is 0 Å². The van der Waals surface area contributed by atoms with Gasteiger partial charge in [-0.1, -0.05) is 6.92 Å². The van der Waals surface area contributed by atoms with Crippen LogP contribution in [0.2, 0.25) is 0 Å². The SMILES string of the molecule is CCC(=O)CCC(NC(C)=O)C(=O)O. The molecule has 0 saturated heterocycles. The van der Waals surface area contributed by atoms with Crippen molar-refractivity contribution in [2.45, 2.75) is 39.2 Å². The molecule has 0 aromatic rings. The minimum Gasteiger partial charge on any atom is -0.480 e. The van der Waals surface area contributed by atoms with Crippen LogP contribution in [0.1, 0.15) is 33.1 Å². The highest BCUT2D eigenvalue weighted by atomic mass is 16.4. The van der Waals surface area contributed by atoms with Crippen molar-refractivity contribution in [1.82, 2.24) is 5.32 Å². The van der Waals surface area contributed by atoms with Crippen molar-refractivity contribution in [3.8, 4) is 0 Å². The molecule has 0 radical (unpaired) electrons. The third-order valence-corrected chi connectivity index (χ3v) is 1.78. The van der Waals surface area contributed by atoms with Gasteiger partial charge in [-0.15, -0.1) is 0 Å². The van der Waals surface area contributed by atoms with Crippen LogP contribution in [0.4, 0.5) is 0 Å². The average molecular weight is 201 g/mol. The molecule has 80 valence electrons. The lowest BCUT2D eigenvalue weighted by molar-refractivity contribution is -0.141. The van der Waals surface area contributed by atoms with Crippen LogP contribution in [0, 0.1) is 0 Å². The minimum absolute atomic E-state index is 0.00148. The molecule has 1 atom stereocenters. The van der Waals surface area contributed by atoms with Gasteiger partial charge in [-0.2, -0.15) is 0 Å². The van der Waals surface area contributed by atoms with Gasteiger partial charge in [0.25, 0.3) is 0 Å². The number of hydrogen-bond acceptors (Lipinski definition) is 3. The van der Waals surface area contributed by atoms with Gasteiger partial charge in [0.1, 0.15) is 11.8 Å². The highest BCUT2D eigenvalue weighted by Gasteiger charge is 2.18. The first kappa shape index (κ1) is 12.6. The molecular formula is C9H15NO4. The third-order valence-electron chi connectivity index (χ3n) is 1.78. The predicted molar refractivity (Wildman–Crippen MR) is 49.8 cm³/mol. The molecule has 0 heterocycles. The zero-order chi connectivity index (χ0) is 11.1. The number of nitrogens with one attached hydrogen (secondary N) is 1. The predicted octanol–water partition coefficient (Wildman–Crippen LogP) is 0.335. The highest BCUT2D eigenvalue weighted by molar-refractivity contribution is 5.83. The number of Topliss-reactive ketones (excluding diaryl/α,β-unsaturated/α-hetero) is 1. The number of ketones is 1. The average Bonchev–Trinajstić information content (AvgIpc) is 2.10. The maximum Gasteiger partial charge on any atom is 0.326 e. The first-order valence-corrected chi connectivity index (χ1v) is 4.49. The fourth-order valence-corrected chi connectivity index (χ4v) is 0.985. The Morgan fingerprint density at radius 1 is 1.36 bits per heavy atom. The van der Waals surface area contributed by atoms with Crippen molar-refractivity contribution in [2.75, 3.05) is 0 Å². The van der Waals surface area contributed by atoms with E-state index in [1.54, 1.807) is 6.92 Å². The Morgan fingerprint density at radius 2 is 1.93 bits per heavy atom. The summed E-state index contributed by atoms with van der Waals surface area (Å²) in [5.41, 5.74) is 0. The summed E-state index contributed by atoms with van der Waals surface area (Å²) in [4.78, 5) is 32.1. The van der Waals surface area contributed by atoms with E-state index in [1.165, 1.54) is 6.92 Å². The molecule has 0 saturated carbocycles. The number of amides is 1. The van der Waals surface area contributed by atoms with Crippen LogP contribution in [-0.2, 0) is 14.4 Å². The molecule has 0 aromatic heterocycles. The number of carboxylic acids is 1. The monoisotopic (exact) mass is 201 g/mol. The van der Waals surface area contributed by atoms with Crippen molar-refractivity contribution in [2.24, 2.45) is 0 Å². The molecule has 5 nitrogen and oxygen atoms in total. The molecule has 5 heteroatoms. The molecule has 0 aliphatic rings. The third kappa shape index (κ3) is 5.29. The smallest absolute Gasteiger partial charge is 0.326 e. The van der Waals surface area contributed by atoms with E-state index in [0.29, 0.717) is 6.42 Å². The van der Waals surface area contributed by atoms with Crippen LogP contribution < -0.4 is 5.32 Å². The van der Waals surface area contributed by atoms with Crippen LogP contribution in [0.25, 0.3) is 0 Å². The zero-order valence-electron chi connectivity index (χ0n) is 8.37. The Bertz CT molecular complexity index is 237. The summed E-state index contributed by atoms with van der Waals surface area (Å²) in [6.45, 7) is 2.97. The highest BCUT2D eigenvalue weighted by Crippen LogP contribution is 2.00. The number of carboxylic acid groups (broad SMARTS) is 1. The van der Waals surface area contributed by atoms with Crippen LogP contribution >= 0.6 is 0 Å². The van der Waals surface area contributed by atoms with E-state index in [4.69, 9.17) is 5.11 Å². The summed E-state index contributed by atoms with van der Waals surface area (Å²) in [7, 11) is 0. The second-order valence-electron chi connectivity index (χ2n) is 3.02. The van der Waals surface area contributed by atoms with Gasteiger partial charge in [0.2, 0.25) is 5.91 Å². The lowest BCUT2D eigenvalue weighted by Gasteiger charge is -2.11. The van der Waals surface area contributed by atoms with Crippen molar-refractivity contribution in [3.05, 3.63) is 0 Å². The standard InChI is InChI=1S/C9H15NO4/c1-3-7(12)4-5-8(9(13)14)10-6(2)11/h8H,3-5H2,1-2H3,(H,10,11)(H,13,14). The summed E-state index contributed by atoms with van der Waals surface area (Å²) in [6, 6.07) is -0.956. The summed E-state index contributed by atoms with van der Waals surface area (Å²) in [5.74, 6) is -1.51. The lowest BCUT2D eigenvalue weighted by atomic mass is 10.1. The summed E-state index contributed by atoms with van der Waals surface area (Å²) in [5, 5.41) is 10.9. The maximum atomic E-state index is 10.9. The molecule has 0 bridgehead atoms. The molecule has 1 amide bonds. The van der Waals surface area contributed by atoms with Gasteiger partial charge in [0.15, 0.2) is 0 Å². The molecular weight excluding hydrogens is 186 g/mol. The van der Waals surface area contributed by atoms with E-state index in [1.807, 2.05) is 0 Å². The summed E-state index contributed by atoms with van der Waals surface area (Å²) >= 11 is 0. The number of carbonyl (C=O) groups is 3. The minimum atomic E-state index is -1.11. The van der Waals surface area contributed by atoms with Crippen molar-refractivity contribution >= 4 is 17.7 Å². The van der Waals surface area contributed by atoms with Crippen molar-refractivity contribution < 1.29 is 19.5 Å². The molecule has 2 N–H and O–H groups in total. The number of carbonyl (C=O) groups excluding carboxylic acids is 2. The van der Waals surface area contributed by atoms with Gasteiger partial charge in [-0.05, 0) is 6.42 Å². The van der Waals surface area contributed by atoms with E-state index in [2.05, 4.69) is 5.32 Å². The molecule has 0 aliphatic carbocycles. The van der Waals surface area contributed by atoms with Gasteiger partial charge in [0, 0.05) is 19.8 Å². The molecule has 1 unspecified atom stereocenters. The fourth-order valence-electron chi connectivity index (χ4n) is 0.985. The number of rotatable bonds is 6. The van der Waals surface area contributed by atoms with E-state index in [9.17, 15) is 14.4 Å². The van der Waals surface area contributed by atoms with E-state index < -0.39 is 17.9 Å². The Hall–Kier alpha value is -1.39. The summed E-state index contributed by atoms with van der Waals surface area (Å²) < 4.78 is 0. The Kier molecular flexibility index (Phi) is 5.52. The molecule has 14 heavy (non-hydrogen) atoms. The second kappa shape index (κ2) is 6.12. The normalized spacial score (nSPS) is 11.9. The van der Waals surface area contributed by atoms with Gasteiger partial charge in [0.05, 0.1) is 0 Å². The van der Waals surface area contributed by atoms with Gasteiger partial charge < -0.3 is 10.4 Å². The van der Waals surface area contributed by atoms with Crippen LogP contribution in [0.5, 0.6) is 0 Å². The van der Waals surface area contributed by atoms with Crippen LogP contribution in [0.15, 0.2) is 0 Å². The first-order chi connectivity index (χ1) is 6.47. The lowest BCUT2D eigenvalue weighted by Crippen LogP contribution is -2.39. The number of hydrogen-bond donors (Lipinski definition) is 2. The Labute approximate surface area is 82.5 Å². The Balaban J connectivity index is 4.04. The van der Waals surface area contributed by atoms with E-state index >= 15 is 0 Å². The Morgan fingerprint density at radius 3 is 2.29 bits per heavy atom. The molecule has 0 rings (SSSR count). The first-order valence-electron chi connectivity index (χ1n) is 4.49. The van der Waals surface area contributed by atoms with Gasteiger partial charge in [-0.25, -0.2) is 4.79 Å². The topological polar surface area (TPSA) is 83.5 Å². The van der Waals surface area contributed by atoms with Crippen molar-refractivity contribution in [3.63, 3.8) is 0 Å². The molecule has 0 aromatic carbocycles. The summed E-state index contributed by atoms with van der Waals surface area (Å²) in [6.07, 6.45) is 0.738. The van der Waals surface area contributed by atoms with E-state index in [-0.39, 0.29) is 18.6 Å². The molecule has 0 aliphatic heterocycles. The quantitative estimate of drug-likeness (QED) is 0.648. The molecule has 0 fully saturated rings. The van der Waals surface area contributed by atoms with Crippen molar-refractivity contribution in [1.29, 1.82) is 0 Å². The van der Waals surface area contributed by atoms with Crippen LogP contribution in [0.3, 0.4) is 0 Å². The van der Waals surface area contributed by atoms with Gasteiger partial charge in [-0.3, -0.25) is 9.59 Å². The van der Waals surface area contributed by atoms with Gasteiger partial charge >= 0.3 is 5.97 Å².